The van der Waals surface area contributed by atoms with Gasteiger partial charge in [-0.15, -0.1) is 0 Å². The van der Waals surface area contributed by atoms with Crippen molar-refractivity contribution in [2.75, 3.05) is 17.3 Å². The van der Waals surface area contributed by atoms with Gasteiger partial charge >= 0.3 is 6.09 Å². The predicted octanol–water partition coefficient (Wildman–Crippen LogP) is 3.21. The normalized spacial score (nSPS) is 16.4. The summed E-state index contributed by atoms with van der Waals surface area (Å²) < 4.78 is 6.77. The first-order valence-electron chi connectivity index (χ1n) is 9.59. The number of anilines is 1. The zero-order chi connectivity index (χ0) is 21.0. The van der Waals surface area contributed by atoms with E-state index < -0.39 is 17.7 Å². The molecule has 1 saturated heterocycles. The van der Waals surface area contributed by atoms with E-state index in [4.69, 9.17) is 4.74 Å². The van der Waals surface area contributed by atoms with Gasteiger partial charge in [0.25, 0.3) is 11.8 Å². The van der Waals surface area contributed by atoms with E-state index >= 15 is 0 Å². The third-order valence-electron chi connectivity index (χ3n) is 4.43. The Kier molecular flexibility index (Phi) is 5.91. The van der Waals surface area contributed by atoms with Gasteiger partial charge in [-0.25, -0.2) is 4.79 Å². The number of amides is 3. The first-order chi connectivity index (χ1) is 13.7. The van der Waals surface area contributed by atoms with Crippen molar-refractivity contribution in [3.8, 4) is 0 Å². The summed E-state index contributed by atoms with van der Waals surface area (Å²) in [5.41, 5.74) is 3.02. The fraction of sp³-hybridized carbons (Fsp3) is 0.381. The second-order valence-electron chi connectivity index (χ2n) is 7.89. The molecule has 1 atom stereocenters. The summed E-state index contributed by atoms with van der Waals surface area (Å²) in [6, 6.07) is 11.7. The third-order valence-corrected chi connectivity index (χ3v) is 4.43. The quantitative estimate of drug-likeness (QED) is 0.827. The largest absolute Gasteiger partial charge is 0.444 e. The standard InChI is InChI=1S/C21H26N4O4/c1-21(2,3)29-20(28)24-13-7-11-16(24)19(27)23-25-14-8-12-17(25)18(26)22-15-9-5-4-6-10-15/h4-6,8-10,12,14,16H,7,11,13H2,1-3H3,(H,22,26)(H,23,27). The molecular formula is C21H26N4O4. The van der Waals surface area contributed by atoms with Gasteiger partial charge in [-0.05, 0) is 57.9 Å². The highest BCUT2D eigenvalue weighted by atomic mass is 16.6. The molecule has 2 heterocycles. The molecule has 29 heavy (non-hydrogen) atoms. The highest BCUT2D eigenvalue weighted by molar-refractivity contribution is 6.04. The van der Waals surface area contributed by atoms with Crippen LogP contribution in [0.2, 0.25) is 0 Å². The second-order valence-corrected chi connectivity index (χ2v) is 7.89. The van der Waals surface area contributed by atoms with E-state index in [2.05, 4.69) is 10.7 Å². The summed E-state index contributed by atoms with van der Waals surface area (Å²) in [7, 11) is 0. The van der Waals surface area contributed by atoms with Crippen molar-refractivity contribution in [1.29, 1.82) is 0 Å². The van der Waals surface area contributed by atoms with Crippen LogP contribution in [-0.2, 0) is 9.53 Å². The number of benzene rings is 1. The molecule has 2 N–H and O–H groups in total. The number of carbonyl (C=O) groups excluding carboxylic acids is 3. The molecule has 0 bridgehead atoms. The van der Waals surface area contributed by atoms with Crippen LogP contribution in [0.3, 0.4) is 0 Å². The van der Waals surface area contributed by atoms with E-state index in [1.165, 1.54) is 9.58 Å². The molecule has 8 heteroatoms. The number of hydrogen-bond donors (Lipinski definition) is 2. The summed E-state index contributed by atoms with van der Waals surface area (Å²) >= 11 is 0. The van der Waals surface area contributed by atoms with Gasteiger partial charge in [0.05, 0.1) is 0 Å². The van der Waals surface area contributed by atoms with E-state index in [1.54, 1.807) is 51.2 Å². The Morgan fingerprint density at radius 2 is 1.79 bits per heavy atom. The number of nitrogens with zero attached hydrogens (tertiary/aromatic N) is 2. The lowest BCUT2D eigenvalue weighted by molar-refractivity contribution is -0.121. The van der Waals surface area contributed by atoms with Gasteiger partial charge in [-0.2, -0.15) is 0 Å². The maximum Gasteiger partial charge on any atom is 0.410 e. The molecule has 154 valence electrons. The van der Waals surface area contributed by atoms with E-state index in [0.29, 0.717) is 25.1 Å². The smallest absolute Gasteiger partial charge is 0.410 e. The number of likely N-dealkylation sites (tertiary alicyclic amines) is 1. The lowest BCUT2D eigenvalue weighted by Crippen LogP contribution is -2.47. The summed E-state index contributed by atoms with van der Waals surface area (Å²) in [4.78, 5) is 39.2. The Labute approximate surface area is 169 Å². The van der Waals surface area contributed by atoms with Crippen molar-refractivity contribution in [3.63, 3.8) is 0 Å². The van der Waals surface area contributed by atoms with E-state index in [-0.39, 0.29) is 17.5 Å². The minimum absolute atomic E-state index is 0.281. The highest BCUT2D eigenvalue weighted by Gasteiger charge is 2.37. The number of ether oxygens (including phenoxy) is 1. The Bertz CT molecular complexity index is 886. The van der Waals surface area contributed by atoms with Gasteiger partial charge in [0.2, 0.25) is 0 Å². The molecule has 0 saturated carbocycles. The van der Waals surface area contributed by atoms with Crippen LogP contribution in [0.25, 0.3) is 0 Å². The molecule has 1 unspecified atom stereocenters. The van der Waals surface area contributed by atoms with Crippen molar-refractivity contribution in [3.05, 3.63) is 54.4 Å². The van der Waals surface area contributed by atoms with Crippen molar-refractivity contribution in [2.24, 2.45) is 0 Å². The average Bonchev–Trinajstić information content (AvgIpc) is 3.30. The van der Waals surface area contributed by atoms with Crippen LogP contribution in [0.1, 0.15) is 44.1 Å². The van der Waals surface area contributed by atoms with Crippen LogP contribution in [0.15, 0.2) is 48.7 Å². The van der Waals surface area contributed by atoms with Gasteiger partial charge in [-0.3, -0.25) is 24.6 Å². The van der Waals surface area contributed by atoms with Crippen LogP contribution in [0.4, 0.5) is 10.5 Å². The average molecular weight is 398 g/mol. The lowest BCUT2D eigenvalue weighted by atomic mass is 10.2. The van der Waals surface area contributed by atoms with Crippen LogP contribution in [0, 0.1) is 0 Å². The molecule has 3 amide bonds. The third kappa shape index (κ3) is 5.16. The molecule has 1 aromatic heterocycles. The molecule has 1 aliphatic heterocycles. The van der Waals surface area contributed by atoms with Gasteiger partial charge in [0.1, 0.15) is 17.3 Å². The first-order valence-corrected chi connectivity index (χ1v) is 9.59. The molecule has 1 aromatic carbocycles. The zero-order valence-corrected chi connectivity index (χ0v) is 16.8. The molecule has 0 aliphatic carbocycles. The topological polar surface area (TPSA) is 92.7 Å². The zero-order valence-electron chi connectivity index (χ0n) is 16.8. The number of rotatable bonds is 4. The Balaban J connectivity index is 1.67. The summed E-state index contributed by atoms with van der Waals surface area (Å²) in [5, 5.41) is 2.78. The Morgan fingerprint density at radius 3 is 2.48 bits per heavy atom. The van der Waals surface area contributed by atoms with Crippen LogP contribution >= 0.6 is 0 Å². The number of hydrogen-bond acceptors (Lipinski definition) is 4. The van der Waals surface area contributed by atoms with E-state index in [1.807, 2.05) is 18.2 Å². The van der Waals surface area contributed by atoms with Crippen LogP contribution < -0.4 is 10.7 Å². The van der Waals surface area contributed by atoms with E-state index in [9.17, 15) is 14.4 Å². The molecule has 1 aliphatic rings. The van der Waals surface area contributed by atoms with Crippen LogP contribution in [-0.4, -0.2) is 45.7 Å². The van der Waals surface area contributed by atoms with Crippen molar-refractivity contribution in [1.82, 2.24) is 9.58 Å². The fourth-order valence-electron chi connectivity index (χ4n) is 3.15. The number of carbonyl (C=O) groups is 3. The summed E-state index contributed by atoms with van der Waals surface area (Å²) in [5.74, 6) is -0.713. The maximum absolute atomic E-state index is 12.8. The SMILES string of the molecule is CC(C)(C)OC(=O)N1CCCC1C(=O)Nn1cccc1C(=O)Nc1ccccc1. The van der Waals surface area contributed by atoms with Crippen molar-refractivity contribution in [2.45, 2.75) is 45.3 Å². The summed E-state index contributed by atoms with van der Waals surface area (Å²) in [6.45, 7) is 5.81. The molecular weight excluding hydrogens is 372 g/mol. The van der Waals surface area contributed by atoms with Gasteiger partial charge in [0, 0.05) is 18.4 Å². The van der Waals surface area contributed by atoms with Crippen molar-refractivity contribution < 1.29 is 19.1 Å². The van der Waals surface area contributed by atoms with Gasteiger partial charge in [0.15, 0.2) is 0 Å². The maximum atomic E-state index is 12.8. The summed E-state index contributed by atoms with van der Waals surface area (Å²) in [6.07, 6.45) is 2.33. The Hall–Kier alpha value is -3.29. The van der Waals surface area contributed by atoms with E-state index in [0.717, 1.165) is 0 Å². The van der Waals surface area contributed by atoms with Gasteiger partial charge < -0.3 is 10.1 Å². The minimum Gasteiger partial charge on any atom is -0.444 e. The monoisotopic (exact) mass is 398 g/mol. The molecule has 2 aromatic rings. The second kappa shape index (κ2) is 8.38. The molecule has 1 fully saturated rings. The number of nitrogens with one attached hydrogen (secondary N) is 2. The Morgan fingerprint density at radius 1 is 1.07 bits per heavy atom. The van der Waals surface area contributed by atoms with Gasteiger partial charge in [-0.1, -0.05) is 18.2 Å². The van der Waals surface area contributed by atoms with Crippen LogP contribution in [0.5, 0.6) is 0 Å². The number of aromatic nitrogens is 1. The molecule has 3 rings (SSSR count). The van der Waals surface area contributed by atoms with Crippen molar-refractivity contribution >= 4 is 23.6 Å². The molecule has 8 nitrogen and oxygen atoms in total. The first kappa shape index (κ1) is 20.4. The fourth-order valence-corrected chi connectivity index (χ4v) is 3.15. The lowest BCUT2D eigenvalue weighted by Gasteiger charge is -2.28. The molecule has 0 radical (unpaired) electrons. The highest BCUT2D eigenvalue weighted by Crippen LogP contribution is 2.21. The minimum atomic E-state index is -0.641. The number of para-hydroxylation sites is 1. The molecule has 0 spiro atoms. The predicted molar refractivity (Wildman–Crippen MR) is 109 cm³/mol.